The molecule has 0 saturated carbocycles. The lowest BCUT2D eigenvalue weighted by Gasteiger charge is -2.08. The van der Waals surface area contributed by atoms with Crippen molar-refractivity contribution >= 4 is 17.6 Å². The average molecular weight is 361 g/mol. The fraction of sp³-hybridized carbons (Fsp3) is 0.952. The minimum Gasteiger partial charge on any atom is -0.446 e. The first-order chi connectivity index (χ1) is 11.7. The van der Waals surface area contributed by atoms with Gasteiger partial charge in [0.2, 0.25) is 0 Å². The lowest BCUT2D eigenvalue weighted by molar-refractivity contribution is -0.145. The standard InChI is InChI=1S/C21H41ClO2/c1-3-5-6-7-8-9-10-11-12-13-14-15-16-17-18-19-21(23)24-20(22)4-2/h20H,3-19H2,1-2H3. The molecule has 0 amide bonds. The summed E-state index contributed by atoms with van der Waals surface area (Å²) in [4.78, 5) is 11.4. The van der Waals surface area contributed by atoms with Crippen LogP contribution >= 0.6 is 11.6 Å². The summed E-state index contributed by atoms with van der Waals surface area (Å²) in [5, 5.41) is 0. The van der Waals surface area contributed by atoms with E-state index in [9.17, 15) is 4.79 Å². The maximum atomic E-state index is 11.4. The van der Waals surface area contributed by atoms with Crippen LogP contribution in [0.25, 0.3) is 0 Å². The smallest absolute Gasteiger partial charge is 0.307 e. The first-order valence-corrected chi connectivity index (χ1v) is 11.0. The highest BCUT2D eigenvalue weighted by molar-refractivity contribution is 6.20. The van der Waals surface area contributed by atoms with Crippen LogP contribution in [0.15, 0.2) is 0 Å². The Kier molecular flexibility index (Phi) is 18.9. The number of alkyl halides is 1. The molecule has 0 spiro atoms. The number of carbonyl (C=O) groups is 1. The molecule has 0 rings (SSSR count). The van der Waals surface area contributed by atoms with Crippen LogP contribution in [0.2, 0.25) is 0 Å². The van der Waals surface area contributed by atoms with Crippen LogP contribution in [0, 0.1) is 0 Å². The number of hydrogen-bond acceptors (Lipinski definition) is 2. The number of unbranched alkanes of at least 4 members (excludes halogenated alkanes) is 14. The number of ether oxygens (including phenoxy) is 1. The van der Waals surface area contributed by atoms with E-state index in [1.165, 1.54) is 83.5 Å². The van der Waals surface area contributed by atoms with E-state index in [2.05, 4.69) is 6.92 Å². The van der Waals surface area contributed by atoms with Crippen LogP contribution in [-0.2, 0) is 9.53 Å². The number of esters is 1. The van der Waals surface area contributed by atoms with Gasteiger partial charge in [-0.25, -0.2) is 0 Å². The van der Waals surface area contributed by atoms with Crippen molar-refractivity contribution in [2.24, 2.45) is 0 Å². The molecule has 0 N–H and O–H groups in total. The molecule has 0 radical (unpaired) electrons. The molecule has 2 nitrogen and oxygen atoms in total. The van der Waals surface area contributed by atoms with Gasteiger partial charge in [0.15, 0.2) is 5.56 Å². The predicted molar refractivity (Wildman–Crippen MR) is 106 cm³/mol. The van der Waals surface area contributed by atoms with Crippen molar-refractivity contribution in [3.63, 3.8) is 0 Å². The van der Waals surface area contributed by atoms with Gasteiger partial charge in [-0.3, -0.25) is 4.79 Å². The van der Waals surface area contributed by atoms with E-state index in [-0.39, 0.29) is 5.97 Å². The van der Waals surface area contributed by atoms with Crippen molar-refractivity contribution in [2.75, 3.05) is 0 Å². The quantitative estimate of drug-likeness (QED) is 0.142. The Labute approximate surface area is 156 Å². The summed E-state index contributed by atoms with van der Waals surface area (Å²) in [7, 11) is 0. The highest BCUT2D eigenvalue weighted by Crippen LogP contribution is 2.14. The molecule has 0 aliphatic carbocycles. The normalized spacial score (nSPS) is 12.3. The second kappa shape index (κ2) is 19.1. The van der Waals surface area contributed by atoms with Crippen LogP contribution in [0.4, 0.5) is 0 Å². The van der Waals surface area contributed by atoms with Gasteiger partial charge in [0.1, 0.15) is 0 Å². The molecule has 1 atom stereocenters. The van der Waals surface area contributed by atoms with Crippen molar-refractivity contribution in [1.29, 1.82) is 0 Å². The van der Waals surface area contributed by atoms with Gasteiger partial charge in [0.25, 0.3) is 0 Å². The Hall–Kier alpha value is -0.240. The minimum absolute atomic E-state index is 0.147. The van der Waals surface area contributed by atoms with E-state index >= 15 is 0 Å². The summed E-state index contributed by atoms with van der Waals surface area (Å²) >= 11 is 5.79. The summed E-state index contributed by atoms with van der Waals surface area (Å²) in [6.45, 7) is 4.19. The molecule has 24 heavy (non-hydrogen) atoms. The molecule has 0 aromatic rings. The van der Waals surface area contributed by atoms with Crippen LogP contribution in [-0.4, -0.2) is 11.5 Å². The van der Waals surface area contributed by atoms with E-state index < -0.39 is 5.56 Å². The molecule has 0 aliphatic rings. The van der Waals surface area contributed by atoms with E-state index in [0.717, 1.165) is 12.8 Å². The number of halogens is 1. The largest absolute Gasteiger partial charge is 0.446 e. The number of hydrogen-bond donors (Lipinski definition) is 0. The van der Waals surface area contributed by atoms with E-state index in [4.69, 9.17) is 16.3 Å². The van der Waals surface area contributed by atoms with Gasteiger partial charge in [-0.2, -0.15) is 0 Å². The summed E-state index contributed by atoms with van der Waals surface area (Å²) in [6.07, 6.45) is 21.2. The molecule has 0 bridgehead atoms. The molecule has 0 heterocycles. The zero-order valence-corrected chi connectivity index (χ0v) is 17.0. The molecule has 0 aromatic heterocycles. The Morgan fingerprint density at radius 2 is 1.08 bits per heavy atom. The third-order valence-electron chi connectivity index (χ3n) is 4.56. The Morgan fingerprint density at radius 1 is 0.708 bits per heavy atom. The van der Waals surface area contributed by atoms with Crippen molar-refractivity contribution < 1.29 is 9.53 Å². The molecule has 0 saturated heterocycles. The molecule has 1 unspecified atom stereocenters. The van der Waals surface area contributed by atoms with Gasteiger partial charge in [-0.15, -0.1) is 0 Å². The maximum absolute atomic E-state index is 11.4. The molecular formula is C21H41ClO2. The van der Waals surface area contributed by atoms with Crippen molar-refractivity contribution in [3.05, 3.63) is 0 Å². The summed E-state index contributed by atoms with van der Waals surface area (Å²) in [5.41, 5.74) is -0.450. The molecule has 0 fully saturated rings. The zero-order valence-electron chi connectivity index (χ0n) is 16.3. The SMILES string of the molecule is CCCCCCCCCCCCCCCCCC(=O)OC(Cl)CC. The van der Waals surface area contributed by atoms with Gasteiger partial charge >= 0.3 is 5.97 Å². The maximum Gasteiger partial charge on any atom is 0.307 e. The first-order valence-electron chi connectivity index (χ1n) is 10.5. The van der Waals surface area contributed by atoms with Gasteiger partial charge in [-0.05, 0) is 12.8 Å². The zero-order chi connectivity index (χ0) is 17.9. The van der Waals surface area contributed by atoms with Gasteiger partial charge < -0.3 is 4.74 Å². The first kappa shape index (κ1) is 23.8. The summed E-state index contributed by atoms with van der Waals surface area (Å²) in [5.74, 6) is -0.147. The van der Waals surface area contributed by atoms with Crippen LogP contribution in [0.5, 0.6) is 0 Å². The second-order valence-corrected chi connectivity index (χ2v) is 7.49. The summed E-state index contributed by atoms with van der Waals surface area (Å²) in [6, 6.07) is 0. The van der Waals surface area contributed by atoms with Crippen molar-refractivity contribution in [1.82, 2.24) is 0 Å². The minimum atomic E-state index is -0.450. The van der Waals surface area contributed by atoms with Crippen LogP contribution in [0.3, 0.4) is 0 Å². The molecule has 0 aliphatic heterocycles. The Bertz CT molecular complexity index is 269. The van der Waals surface area contributed by atoms with E-state index in [0.29, 0.717) is 12.8 Å². The predicted octanol–water partition coefficient (Wildman–Crippen LogP) is 7.77. The van der Waals surface area contributed by atoms with E-state index in [1.807, 2.05) is 6.92 Å². The highest BCUT2D eigenvalue weighted by atomic mass is 35.5. The van der Waals surface area contributed by atoms with Crippen molar-refractivity contribution in [3.8, 4) is 0 Å². The Morgan fingerprint density at radius 3 is 1.46 bits per heavy atom. The monoisotopic (exact) mass is 360 g/mol. The van der Waals surface area contributed by atoms with Crippen LogP contribution < -0.4 is 0 Å². The lowest BCUT2D eigenvalue weighted by Crippen LogP contribution is -2.11. The van der Waals surface area contributed by atoms with E-state index in [1.54, 1.807) is 0 Å². The van der Waals surface area contributed by atoms with Gasteiger partial charge in [0, 0.05) is 6.42 Å². The third-order valence-corrected chi connectivity index (χ3v) is 4.96. The second-order valence-electron chi connectivity index (χ2n) is 7.01. The topological polar surface area (TPSA) is 26.3 Å². The highest BCUT2D eigenvalue weighted by Gasteiger charge is 2.08. The average Bonchev–Trinajstić information content (AvgIpc) is 2.58. The fourth-order valence-electron chi connectivity index (χ4n) is 2.93. The molecular weight excluding hydrogens is 320 g/mol. The van der Waals surface area contributed by atoms with Crippen molar-refractivity contribution in [2.45, 2.75) is 129 Å². The van der Waals surface area contributed by atoms with Gasteiger partial charge in [-0.1, -0.05) is 115 Å². The Balaban J connectivity index is 3.11. The molecule has 0 aromatic carbocycles. The van der Waals surface area contributed by atoms with Crippen LogP contribution in [0.1, 0.15) is 123 Å². The molecule has 3 heteroatoms. The molecule has 144 valence electrons. The fourth-order valence-corrected chi connectivity index (χ4v) is 3.02. The number of rotatable bonds is 18. The lowest BCUT2D eigenvalue weighted by atomic mass is 10.0. The third kappa shape index (κ3) is 18.1. The summed E-state index contributed by atoms with van der Waals surface area (Å²) < 4.78 is 5.05. The van der Waals surface area contributed by atoms with Gasteiger partial charge in [0.05, 0.1) is 0 Å². The number of carbonyl (C=O) groups excluding carboxylic acids is 1.